The van der Waals surface area contributed by atoms with Crippen LogP contribution in [0.4, 0.5) is 0 Å². The maximum absolute atomic E-state index is 11.1. The number of ether oxygens (including phenoxy) is 1. The first-order valence-electron chi connectivity index (χ1n) is 10.2. The molecule has 150 valence electrons. The lowest BCUT2D eigenvalue weighted by atomic mass is 9.82. The third kappa shape index (κ3) is 3.15. The molecule has 0 atom stereocenters. The summed E-state index contributed by atoms with van der Waals surface area (Å²) in [6, 6.07) is 25.3. The number of hydrogen-bond acceptors (Lipinski definition) is 3. The van der Waals surface area contributed by atoms with Gasteiger partial charge in [-0.3, -0.25) is 9.59 Å². The average Bonchev–Trinajstić information content (AvgIpc) is 2.83. The van der Waals surface area contributed by atoms with Crippen LogP contribution in [-0.2, 0) is 5.60 Å². The lowest BCUT2D eigenvalue weighted by molar-refractivity contribution is 0.111. The summed E-state index contributed by atoms with van der Waals surface area (Å²) in [6.07, 6.45) is 5.82. The Balaban J connectivity index is 1.70. The highest BCUT2D eigenvalue weighted by Gasteiger charge is 2.37. The standard InChI is InChI=1S/C28H20O3/c1-19-2-12-25-22(16-19)7-13-27-26(25)14-15-28(31-27,23-8-3-20(17-29)4-9-23)24-10-5-21(18-30)6-11-24/h2-18H,1H3. The van der Waals surface area contributed by atoms with Crippen LogP contribution in [0, 0.1) is 6.92 Å². The highest BCUT2D eigenvalue weighted by atomic mass is 16.5. The van der Waals surface area contributed by atoms with Crippen LogP contribution in [0.15, 0.2) is 84.9 Å². The molecule has 0 fully saturated rings. The number of aryl methyl sites for hydroxylation is 1. The van der Waals surface area contributed by atoms with Crippen molar-refractivity contribution in [3.8, 4) is 5.75 Å². The molecule has 0 aromatic heterocycles. The molecular weight excluding hydrogens is 384 g/mol. The van der Waals surface area contributed by atoms with E-state index in [0.717, 1.165) is 40.4 Å². The Morgan fingerprint density at radius 1 is 0.742 bits per heavy atom. The van der Waals surface area contributed by atoms with Crippen molar-refractivity contribution >= 4 is 29.4 Å². The van der Waals surface area contributed by atoms with Crippen molar-refractivity contribution in [3.05, 3.63) is 118 Å². The van der Waals surface area contributed by atoms with Crippen LogP contribution in [0.25, 0.3) is 16.8 Å². The highest BCUT2D eigenvalue weighted by molar-refractivity contribution is 5.94. The minimum Gasteiger partial charge on any atom is -0.473 e. The zero-order valence-electron chi connectivity index (χ0n) is 17.0. The van der Waals surface area contributed by atoms with Crippen LogP contribution in [0.3, 0.4) is 0 Å². The highest BCUT2D eigenvalue weighted by Crippen LogP contribution is 2.44. The van der Waals surface area contributed by atoms with E-state index in [0.29, 0.717) is 11.1 Å². The summed E-state index contributed by atoms with van der Waals surface area (Å²) >= 11 is 0. The predicted octanol–water partition coefficient (Wildman–Crippen LogP) is 6.12. The maximum atomic E-state index is 11.1. The van der Waals surface area contributed by atoms with E-state index in [1.165, 1.54) is 10.9 Å². The van der Waals surface area contributed by atoms with Gasteiger partial charge in [0.15, 0.2) is 5.60 Å². The monoisotopic (exact) mass is 404 g/mol. The van der Waals surface area contributed by atoms with E-state index in [2.05, 4.69) is 43.3 Å². The van der Waals surface area contributed by atoms with Crippen molar-refractivity contribution in [1.82, 2.24) is 0 Å². The number of aldehydes is 2. The first-order chi connectivity index (χ1) is 15.1. The molecule has 3 nitrogen and oxygen atoms in total. The molecule has 1 heterocycles. The van der Waals surface area contributed by atoms with Gasteiger partial charge in [-0.05, 0) is 35.9 Å². The molecule has 1 aliphatic rings. The summed E-state index contributed by atoms with van der Waals surface area (Å²) in [5, 5.41) is 2.31. The Morgan fingerprint density at radius 2 is 1.35 bits per heavy atom. The molecule has 3 heteroatoms. The molecule has 0 N–H and O–H groups in total. The van der Waals surface area contributed by atoms with Crippen molar-refractivity contribution < 1.29 is 14.3 Å². The lowest BCUT2D eigenvalue weighted by Crippen LogP contribution is -2.34. The molecule has 0 unspecified atom stereocenters. The van der Waals surface area contributed by atoms with Gasteiger partial charge in [0, 0.05) is 27.8 Å². The van der Waals surface area contributed by atoms with E-state index in [1.807, 2.05) is 30.3 Å². The van der Waals surface area contributed by atoms with E-state index >= 15 is 0 Å². The van der Waals surface area contributed by atoms with Gasteiger partial charge in [0.25, 0.3) is 0 Å². The Labute approximate surface area is 180 Å². The Kier molecular flexibility index (Phi) is 4.52. The average molecular weight is 404 g/mol. The second-order valence-corrected chi connectivity index (χ2v) is 7.85. The van der Waals surface area contributed by atoms with Gasteiger partial charge in [0.1, 0.15) is 18.3 Å². The molecule has 31 heavy (non-hydrogen) atoms. The Morgan fingerprint density at radius 3 is 1.94 bits per heavy atom. The van der Waals surface area contributed by atoms with E-state index in [-0.39, 0.29) is 0 Å². The summed E-state index contributed by atoms with van der Waals surface area (Å²) in [4.78, 5) is 22.3. The normalized spacial score (nSPS) is 14.0. The van der Waals surface area contributed by atoms with Crippen molar-refractivity contribution in [2.45, 2.75) is 12.5 Å². The van der Waals surface area contributed by atoms with Crippen LogP contribution >= 0.6 is 0 Å². The first kappa shape index (κ1) is 19.0. The smallest absolute Gasteiger partial charge is 0.178 e. The van der Waals surface area contributed by atoms with Crippen LogP contribution in [-0.4, -0.2) is 12.6 Å². The third-order valence-corrected chi connectivity index (χ3v) is 5.88. The van der Waals surface area contributed by atoms with Crippen molar-refractivity contribution in [3.63, 3.8) is 0 Å². The summed E-state index contributed by atoms with van der Waals surface area (Å²) in [5.41, 5.74) is 4.42. The van der Waals surface area contributed by atoms with Gasteiger partial charge in [-0.25, -0.2) is 0 Å². The molecule has 0 bridgehead atoms. The summed E-state index contributed by atoms with van der Waals surface area (Å²) < 4.78 is 6.71. The summed E-state index contributed by atoms with van der Waals surface area (Å²) in [7, 11) is 0. The molecule has 5 rings (SSSR count). The molecule has 0 amide bonds. The number of benzene rings is 4. The van der Waals surface area contributed by atoms with E-state index in [9.17, 15) is 9.59 Å². The van der Waals surface area contributed by atoms with Gasteiger partial charge in [-0.15, -0.1) is 0 Å². The summed E-state index contributed by atoms with van der Waals surface area (Å²) in [6.45, 7) is 2.09. The zero-order chi connectivity index (χ0) is 21.4. The third-order valence-electron chi connectivity index (χ3n) is 5.88. The maximum Gasteiger partial charge on any atom is 0.178 e. The minimum absolute atomic E-state index is 0.608. The van der Waals surface area contributed by atoms with Crippen LogP contribution < -0.4 is 4.74 Å². The molecule has 0 aliphatic carbocycles. The molecule has 1 aliphatic heterocycles. The quantitative estimate of drug-likeness (QED) is 0.385. The van der Waals surface area contributed by atoms with Gasteiger partial charge >= 0.3 is 0 Å². The fraction of sp³-hybridized carbons (Fsp3) is 0.0714. The number of carbonyl (C=O) groups excluding carboxylic acids is 2. The number of hydrogen-bond donors (Lipinski definition) is 0. The fourth-order valence-corrected chi connectivity index (χ4v) is 4.22. The molecule has 0 saturated heterocycles. The van der Waals surface area contributed by atoms with Crippen molar-refractivity contribution in [2.24, 2.45) is 0 Å². The molecule has 0 saturated carbocycles. The zero-order valence-corrected chi connectivity index (χ0v) is 17.0. The molecule has 4 aromatic carbocycles. The minimum atomic E-state index is -0.867. The summed E-state index contributed by atoms with van der Waals surface area (Å²) in [5.74, 6) is 0.790. The van der Waals surface area contributed by atoms with Gasteiger partial charge in [0.05, 0.1) is 0 Å². The van der Waals surface area contributed by atoms with E-state index in [1.54, 1.807) is 24.3 Å². The van der Waals surface area contributed by atoms with Crippen LogP contribution in [0.5, 0.6) is 5.75 Å². The molecule has 4 aromatic rings. The largest absolute Gasteiger partial charge is 0.473 e. The van der Waals surface area contributed by atoms with Gasteiger partial charge in [-0.2, -0.15) is 0 Å². The molecular formula is C28H20O3. The van der Waals surface area contributed by atoms with Gasteiger partial charge < -0.3 is 4.74 Å². The molecule has 0 spiro atoms. The van der Waals surface area contributed by atoms with Gasteiger partial charge in [-0.1, -0.05) is 78.4 Å². The SMILES string of the molecule is Cc1ccc2c3c(ccc2c1)OC(c1ccc(C=O)cc1)(c1ccc(C=O)cc1)C=C3. The number of rotatable bonds is 4. The lowest BCUT2D eigenvalue weighted by Gasteiger charge is -2.36. The first-order valence-corrected chi connectivity index (χ1v) is 10.2. The van der Waals surface area contributed by atoms with Crippen molar-refractivity contribution in [1.29, 1.82) is 0 Å². The molecule has 0 radical (unpaired) electrons. The Hall–Kier alpha value is -3.98. The second kappa shape index (κ2) is 7.37. The number of carbonyl (C=O) groups is 2. The predicted molar refractivity (Wildman–Crippen MR) is 123 cm³/mol. The van der Waals surface area contributed by atoms with E-state index < -0.39 is 5.60 Å². The topological polar surface area (TPSA) is 43.4 Å². The number of fused-ring (bicyclic) bond motifs is 3. The fourth-order valence-electron chi connectivity index (χ4n) is 4.22. The van der Waals surface area contributed by atoms with Crippen LogP contribution in [0.2, 0.25) is 0 Å². The van der Waals surface area contributed by atoms with E-state index in [4.69, 9.17) is 4.74 Å². The Bertz CT molecular complexity index is 1280. The van der Waals surface area contributed by atoms with Gasteiger partial charge in [0.2, 0.25) is 0 Å². The van der Waals surface area contributed by atoms with Crippen LogP contribution in [0.1, 0.15) is 43.0 Å². The second-order valence-electron chi connectivity index (χ2n) is 7.85. The van der Waals surface area contributed by atoms with Crippen molar-refractivity contribution in [2.75, 3.05) is 0 Å².